The molecule has 0 aliphatic carbocycles. The highest BCUT2D eigenvalue weighted by Crippen LogP contribution is 2.23. The highest BCUT2D eigenvalue weighted by atomic mass is 15.3. The number of piperidine rings is 1. The number of piperazine rings is 1. The summed E-state index contributed by atoms with van der Waals surface area (Å²) in [5.41, 5.74) is 0. The molecule has 0 aromatic heterocycles. The van der Waals surface area contributed by atoms with Crippen molar-refractivity contribution in [3.05, 3.63) is 0 Å². The van der Waals surface area contributed by atoms with E-state index in [1.807, 2.05) is 0 Å². The van der Waals surface area contributed by atoms with Crippen molar-refractivity contribution in [2.45, 2.75) is 25.8 Å². The average molecular weight is 225 g/mol. The van der Waals surface area contributed by atoms with Crippen LogP contribution in [0, 0.1) is 5.92 Å². The molecular formula is C13H27N3. The van der Waals surface area contributed by atoms with Gasteiger partial charge in [-0.1, -0.05) is 0 Å². The lowest BCUT2D eigenvalue weighted by Crippen LogP contribution is -2.51. The minimum atomic E-state index is 0.794. The fourth-order valence-corrected chi connectivity index (χ4v) is 3.04. The predicted molar refractivity (Wildman–Crippen MR) is 68.8 cm³/mol. The van der Waals surface area contributed by atoms with Crippen LogP contribution in [-0.4, -0.2) is 74.1 Å². The van der Waals surface area contributed by atoms with Crippen molar-refractivity contribution in [1.29, 1.82) is 0 Å². The summed E-state index contributed by atoms with van der Waals surface area (Å²) in [6.07, 6.45) is 2.79. The van der Waals surface area contributed by atoms with E-state index in [1.54, 1.807) is 0 Å². The number of hydrogen-bond acceptors (Lipinski definition) is 3. The first-order valence-corrected chi connectivity index (χ1v) is 6.78. The summed E-state index contributed by atoms with van der Waals surface area (Å²) in [6, 6.07) is 0.794. The third kappa shape index (κ3) is 2.96. The Labute approximate surface area is 100 Å². The number of hydrogen-bond donors (Lipinski definition) is 0. The highest BCUT2D eigenvalue weighted by Gasteiger charge is 2.27. The van der Waals surface area contributed by atoms with Crippen molar-refractivity contribution >= 4 is 0 Å². The van der Waals surface area contributed by atoms with Gasteiger partial charge in [-0.3, -0.25) is 4.90 Å². The molecule has 2 rings (SSSR count). The second-order valence-electron chi connectivity index (χ2n) is 5.72. The van der Waals surface area contributed by atoms with Gasteiger partial charge in [0.1, 0.15) is 0 Å². The van der Waals surface area contributed by atoms with Crippen molar-refractivity contribution < 1.29 is 0 Å². The molecule has 94 valence electrons. The fourth-order valence-electron chi connectivity index (χ4n) is 3.04. The molecule has 2 saturated heterocycles. The Morgan fingerprint density at radius 2 is 1.31 bits per heavy atom. The number of likely N-dealkylation sites (N-methyl/N-ethyl adjacent to an activating group) is 1. The Hall–Kier alpha value is -0.120. The van der Waals surface area contributed by atoms with Gasteiger partial charge in [-0.2, -0.15) is 0 Å². The van der Waals surface area contributed by atoms with Gasteiger partial charge >= 0.3 is 0 Å². The summed E-state index contributed by atoms with van der Waals surface area (Å²) >= 11 is 0. The van der Waals surface area contributed by atoms with E-state index in [2.05, 4.69) is 35.7 Å². The Balaban J connectivity index is 1.80. The molecule has 0 radical (unpaired) electrons. The largest absolute Gasteiger partial charge is 0.306 e. The zero-order valence-electron chi connectivity index (χ0n) is 11.2. The summed E-state index contributed by atoms with van der Waals surface area (Å²) in [5, 5.41) is 0. The topological polar surface area (TPSA) is 9.72 Å². The highest BCUT2D eigenvalue weighted by molar-refractivity contribution is 4.83. The Morgan fingerprint density at radius 3 is 1.88 bits per heavy atom. The van der Waals surface area contributed by atoms with Gasteiger partial charge in [0.2, 0.25) is 0 Å². The Kier molecular flexibility index (Phi) is 4.22. The van der Waals surface area contributed by atoms with Crippen molar-refractivity contribution in [2.75, 3.05) is 53.4 Å². The SMILES string of the molecule is C[C@H](C1CCN(C)CC1)N1CCN(C)CC1. The summed E-state index contributed by atoms with van der Waals surface area (Å²) in [4.78, 5) is 7.61. The van der Waals surface area contributed by atoms with Crippen LogP contribution in [0.4, 0.5) is 0 Å². The van der Waals surface area contributed by atoms with Crippen LogP contribution in [0.2, 0.25) is 0 Å². The molecule has 0 amide bonds. The van der Waals surface area contributed by atoms with Crippen LogP contribution >= 0.6 is 0 Å². The minimum absolute atomic E-state index is 0.794. The molecule has 0 unspecified atom stereocenters. The lowest BCUT2D eigenvalue weighted by molar-refractivity contribution is 0.0659. The molecule has 0 aromatic rings. The molecule has 0 N–H and O–H groups in total. The van der Waals surface area contributed by atoms with Crippen LogP contribution in [-0.2, 0) is 0 Å². The van der Waals surface area contributed by atoms with Crippen molar-refractivity contribution in [3.8, 4) is 0 Å². The average Bonchev–Trinajstić information content (AvgIpc) is 2.30. The van der Waals surface area contributed by atoms with Gasteiger partial charge in [-0.15, -0.1) is 0 Å². The zero-order chi connectivity index (χ0) is 11.5. The summed E-state index contributed by atoms with van der Waals surface area (Å²) in [6.45, 7) is 10.1. The normalized spacial score (nSPS) is 29.4. The third-order valence-electron chi connectivity index (χ3n) is 4.56. The maximum atomic E-state index is 2.70. The van der Waals surface area contributed by atoms with Crippen LogP contribution in [0.25, 0.3) is 0 Å². The second kappa shape index (κ2) is 5.48. The molecule has 3 heteroatoms. The monoisotopic (exact) mass is 225 g/mol. The third-order valence-corrected chi connectivity index (χ3v) is 4.56. The quantitative estimate of drug-likeness (QED) is 0.693. The molecule has 0 aromatic carbocycles. The molecule has 1 atom stereocenters. The molecule has 2 heterocycles. The maximum absolute atomic E-state index is 2.70. The van der Waals surface area contributed by atoms with E-state index in [9.17, 15) is 0 Å². The molecular weight excluding hydrogens is 198 g/mol. The Morgan fingerprint density at radius 1 is 0.812 bits per heavy atom. The van der Waals surface area contributed by atoms with Crippen LogP contribution in [0.1, 0.15) is 19.8 Å². The summed E-state index contributed by atoms with van der Waals surface area (Å²) in [7, 11) is 4.48. The van der Waals surface area contributed by atoms with E-state index in [1.165, 1.54) is 52.1 Å². The first-order chi connectivity index (χ1) is 7.66. The van der Waals surface area contributed by atoms with Crippen LogP contribution in [0.5, 0.6) is 0 Å². The Bertz CT molecular complexity index is 181. The van der Waals surface area contributed by atoms with Crippen LogP contribution in [0.15, 0.2) is 0 Å². The summed E-state index contributed by atoms with van der Waals surface area (Å²) in [5.74, 6) is 0.930. The maximum Gasteiger partial charge on any atom is 0.0113 e. The van der Waals surface area contributed by atoms with Crippen molar-refractivity contribution in [2.24, 2.45) is 5.92 Å². The van der Waals surface area contributed by atoms with Gasteiger partial charge in [-0.05, 0) is 52.9 Å². The first-order valence-electron chi connectivity index (χ1n) is 6.78. The van der Waals surface area contributed by atoms with Gasteiger partial charge in [-0.25, -0.2) is 0 Å². The minimum Gasteiger partial charge on any atom is -0.306 e. The van der Waals surface area contributed by atoms with Gasteiger partial charge in [0.25, 0.3) is 0 Å². The van der Waals surface area contributed by atoms with E-state index in [-0.39, 0.29) is 0 Å². The van der Waals surface area contributed by atoms with E-state index in [0.717, 1.165) is 12.0 Å². The van der Waals surface area contributed by atoms with Gasteiger partial charge in [0, 0.05) is 32.2 Å². The zero-order valence-corrected chi connectivity index (χ0v) is 11.2. The van der Waals surface area contributed by atoms with Gasteiger partial charge in [0.05, 0.1) is 0 Å². The first kappa shape index (κ1) is 12.3. The summed E-state index contributed by atoms with van der Waals surface area (Å²) < 4.78 is 0. The van der Waals surface area contributed by atoms with Crippen LogP contribution in [0.3, 0.4) is 0 Å². The molecule has 16 heavy (non-hydrogen) atoms. The van der Waals surface area contributed by atoms with E-state index >= 15 is 0 Å². The second-order valence-corrected chi connectivity index (χ2v) is 5.72. The van der Waals surface area contributed by atoms with E-state index in [4.69, 9.17) is 0 Å². The van der Waals surface area contributed by atoms with Gasteiger partial charge in [0.15, 0.2) is 0 Å². The van der Waals surface area contributed by atoms with Crippen molar-refractivity contribution in [3.63, 3.8) is 0 Å². The fraction of sp³-hybridized carbons (Fsp3) is 1.00. The number of likely N-dealkylation sites (tertiary alicyclic amines) is 1. The van der Waals surface area contributed by atoms with E-state index in [0.29, 0.717) is 0 Å². The molecule has 0 bridgehead atoms. The molecule has 0 spiro atoms. The number of nitrogens with zero attached hydrogens (tertiary/aromatic N) is 3. The molecule has 2 fully saturated rings. The molecule has 2 aliphatic heterocycles. The van der Waals surface area contributed by atoms with Gasteiger partial charge < -0.3 is 9.80 Å². The molecule has 3 nitrogen and oxygen atoms in total. The predicted octanol–water partition coefficient (Wildman–Crippen LogP) is 0.964. The lowest BCUT2D eigenvalue weighted by Gasteiger charge is -2.42. The molecule has 0 saturated carbocycles. The van der Waals surface area contributed by atoms with Crippen molar-refractivity contribution in [1.82, 2.24) is 14.7 Å². The lowest BCUT2D eigenvalue weighted by atomic mass is 9.89. The number of rotatable bonds is 2. The molecule has 2 aliphatic rings. The van der Waals surface area contributed by atoms with Crippen LogP contribution < -0.4 is 0 Å². The standard InChI is InChI=1S/C13H27N3/c1-12(13-4-6-14(2)7-5-13)16-10-8-15(3)9-11-16/h12-13H,4-11H2,1-3H3/t12-/m1/s1. The van der Waals surface area contributed by atoms with E-state index < -0.39 is 0 Å². The smallest absolute Gasteiger partial charge is 0.0113 e.